The van der Waals surface area contributed by atoms with Crippen LogP contribution < -0.4 is 10.1 Å². The summed E-state index contributed by atoms with van der Waals surface area (Å²) in [5.74, 6) is -4.45. The van der Waals surface area contributed by atoms with Crippen molar-refractivity contribution in [2.45, 2.75) is 32.4 Å². The second-order valence-electron chi connectivity index (χ2n) is 10.2. The van der Waals surface area contributed by atoms with Crippen LogP contribution in [0.2, 0.25) is 0 Å². The minimum atomic E-state index is -0.959. The van der Waals surface area contributed by atoms with E-state index in [4.69, 9.17) is 4.74 Å². The Hall–Kier alpha value is -3.93. The van der Waals surface area contributed by atoms with E-state index in [-0.39, 0.29) is 28.5 Å². The van der Waals surface area contributed by atoms with Crippen LogP contribution in [0.15, 0.2) is 35.2 Å². The van der Waals surface area contributed by atoms with Crippen LogP contribution in [0.3, 0.4) is 0 Å². The molecule has 2 aromatic heterocycles. The fraction of sp³-hybridized carbons (Fsp3) is 0.407. The molecule has 1 saturated carbocycles. The zero-order valence-electron chi connectivity index (χ0n) is 21.6. The van der Waals surface area contributed by atoms with Gasteiger partial charge in [-0.2, -0.15) is 9.37 Å². The third kappa shape index (κ3) is 4.84. The average Bonchev–Trinajstić information content (AvgIpc) is 3.72. The molecule has 2 fully saturated rings. The van der Waals surface area contributed by atoms with Crippen molar-refractivity contribution in [3.63, 3.8) is 0 Å². The van der Waals surface area contributed by atoms with Gasteiger partial charge in [0.15, 0.2) is 23.2 Å². The second-order valence-corrected chi connectivity index (χ2v) is 10.2. The summed E-state index contributed by atoms with van der Waals surface area (Å²) >= 11 is 0. The summed E-state index contributed by atoms with van der Waals surface area (Å²) < 4.78 is 52.4. The highest BCUT2D eigenvalue weighted by atomic mass is 19.1. The summed E-state index contributed by atoms with van der Waals surface area (Å²) in [5, 5.41) is 2.80. The number of likely N-dealkylation sites (N-methyl/N-ethyl adjacent to an activating group) is 1. The average molecular weight is 540 g/mol. The molecule has 0 bridgehead atoms. The summed E-state index contributed by atoms with van der Waals surface area (Å²) in [6.07, 6.45) is 6.39. The molecule has 3 aliphatic rings. The molecule has 1 saturated heterocycles. The molecular formula is C27H28F3N7O2. The van der Waals surface area contributed by atoms with Crippen molar-refractivity contribution in [1.29, 1.82) is 0 Å². The van der Waals surface area contributed by atoms with Gasteiger partial charge in [0.05, 0.1) is 11.2 Å². The summed E-state index contributed by atoms with van der Waals surface area (Å²) in [7, 11) is 2.09. The number of nitrogens with zero attached hydrogens (tertiary/aromatic N) is 6. The van der Waals surface area contributed by atoms with Gasteiger partial charge in [-0.3, -0.25) is 14.4 Å². The number of fused-ring (bicyclic) bond motifs is 1. The number of hydrogen-bond donors (Lipinski definition) is 1. The number of benzene rings is 1. The fourth-order valence-electron chi connectivity index (χ4n) is 4.96. The summed E-state index contributed by atoms with van der Waals surface area (Å²) in [4.78, 5) is 29.4. The van der Waals surface area contributed by atoms with Gasteiger partial charge >= 0.3 is 0 Å². The summed E-state index contributed by atoms with van der Waals surface area (Å²) in [6, 6.07) is 2.19. The maximum atomic E-state index is 15.4. The molecule has 1 aromatic carbocycles. The van der Waals surface area contributed by atoms with E-state index < -0.39 is 35.2 Å². The van der Waals surface area contributed by atoms with Gasteiger partial charge in [0, 0.05) is 61.9 Å². The number of nitrogens with one attached hydrogen (secondary N) is 1. The molecule has 39 heavy (non-hydrogen) atoms. The van der Waals surface area contributed by atoms with Gasteiger partial charge in [0.1, 0.15) is 12.5 Å². The van der Waals surface area contributed by atoms with Crippen molar-refractivity contribution in [3.8, 4) is 11.6 Å². The number of aromatic nitrogens is 3. The number of hydrogen-bond acceptors (Lipinski definition) is 8. The lowest BCUT2D eigenvalue weighted by Gasteiger charge is -2.35. The Balaban J connectivity index is 1.20. The highest BCUT2D eigenvalue weighted by Gasteiger charge is 2.34. The number of carbonyl (C=O) groups excluding carboxylic acids is 1. The van der Waals surface area contributed by atoms with Crippen LogP contribution in [-0.4, -0.2) is 75.8 Å². The van der Waals surface area contributed by atoms with E-state index in [0.29, 0.717) is 12.1 Å². The summed E-state index contributed by atoms with van der Waals surface area (Å²) in [5.41, 5.74) is 1.29. The number of carbonyl (C=O) groups is 1. The van der Waals surface area contributed by atoms with Gasteiger partial charge < -0.3 is 19.9 Å². The Kier molecular flexibility index (Phi) is 6.49. The van der Waals surface area contributed by atoms with Crippen molar-refractivity contribution in [1.82, 2.24) is 24.3 Å². The first-order chi connectivity index (χ1) is 18.8. The molecule has 4 heterocycles. The molecule has 6 rings (SSSR count). The van der Waals surface area contributed by atoms with Gasteiger partial charge in [0.25, 0.3) is 5.88 Å². The number of ether oxygens (including phenoxy) is 1. The Labute approximate surface area is 223 Å². The van der Waals surface area contributed by atoms with Gasteiger partial charge in [-0.15, -0.1) is 0 Å². The van der Waals surface area contributed by atoms with Crippen molar-refractivity contribution in [3.05, 3.63) is 53.4 Å². The van der Waals surface area contributed by atoms with Crippen molar-refractivity contribution >= 4 is 28.8 Å². The highest BCUT2D eigenvalue weighted by Crippen LogP contribution is 2.38. The van der Waals surface area contributed by atoms with Gasteiger partial charge in [-0.1, -0.05) is 6.08 Å². The Morgan fingerprint density at radius 3 is 2.54 bits per heavy atom. The van der Waals surface area contributed by atoms with Crippen LogP contribution in [0.4, 0.5) is 19.0 Å². The second kappa shape index (κ2) is 9.99. The Bertz CT molecular complexity index is 1510. The first-order valence-electron chi connectivity index (χ1n) is 13.0. The number of aliphatic imine (C=N–C) groups is 1. The van der Waals surface area contributed by atoms with E-state index in [0.717, 1.165) is 57.1 Å². The molecule has 1 unspecified atom stereocenters. The van der Waals surface area contributed by atoms with Crippen LogP contribution >= 0.6 is 0 Å². The lowest BCUT2D eigenvalue weighted by atomic mass is 10.2. The first kappa shape index (κ1) is 25.4. The Morgan fingerprint density at radius 1 is 1.08 bits per heavy atom. The monoisotopic (exact) mass is 539 g/mol. The number of rotatable bonds is 6. The van der Waals surface area contributed by atoms with Gasteiger partial charge in [0.2, 0.25) is 11.7 Å². The number of aryl methyl sites for hydroxylation is 1. The van der Waals surface area contributed by atoms with E-state index in [1.807, 2.05) is 6.08 Å². The van der Waals surface area contributed by atoms with Crippen LogP contribution in [-0.2, 0) is 0 Å². The molecule has 3 aromatic rings. The predicted octanol–water partition coefficient (Wildman–Crippen LogP) is 4.34. The molecule has 1 atom stereocenters. The summed E-state index contributed by atoms with van der Waals surface area (Å²) in [6.45, 7) is 5.39. The van der Waals surface area contributed by atoms with E-state index in [2.05, 4.69) is 37.1 Å². The third-order valence-electron chi connectivity index (χ3n) is 7.34. The normalized spacial score (nSPS) is 19.9. The molecule has 1 N–H and O–H groups in total. The van der Waals surface area contributed by atoms with Crippen molar-refractivity contribution in [2.24, 2.45) is 10.9 Å². The zero-order valence-corrected chi connectivity index (χ0v) is 21.6. The first-order valence-corrected chi connectivity index (χ1v) is 13.0. The standard InChI is InChI=1S/C27H28F3N7O2/c1-15-11-18-22(29)20(12-19(28)24(18)37(15)27(38)16-3-4-16)39-26-23(30)25(32-14-33-26)34-21-6-5-17(13-31-21)36-9-7-35(2)8-10-36/h5,11-14,16,21H,3-4,6-10H2,1-2H3,(H,32,33,34). The largest absolute Gasteiger partial charge is 0.433 e. The van der Waals surface area contributed by atoms with E-state index in [1.165, 1.54) is 10.6 Å². The topological polar surface area (TPSA) is 87.9 Å². The number of halogens is 3. The van der Waals surface area contributed by atoms with Crippen LogP contribution in [0.5, 0.6) is 11.6 Å². The van der Waals surface area contributed by atoms with E-state index >= 15 is 13.2 Å². The fourth-order valence-corrected chi connectivity index (χ4v) is 4.96. The lowest BCUT2D eigenvalue weighted by molar-refractivity contribution is 0.0889. The molecular weight excluding hydrogens is 511 g/mol. The molecule has 0 amide bonds. The number of anilines is 1. The maximum absolute atomic E-state index is 15.4. The van der Waals surface area contributed by atoms with E-state index in [1.54, 1.807) is 13.1 Å². The number of piperazine rings is 1. The minimum Gasteiger partial charge on any atom is -0.433 e. The van der Waals surface area contributed by atoms with Crippen molar-refractivity contribution < 1.29 is 22.7 Å². The number of dihydropyridines is 1. The Morgan fingerprint density at radius 2 is 1.85 bits per heavy atom. The molecule has 1 aliphatic carbocycles. The predicted molar refractivity (Wildman–Crippen MR) is 140 cm³/mol. The minimum absolute atomic E-state index is 0.121. The SMILES string of the molecule is Cc1cc2c(F)c(Oc3ncnc(NC4CC=C(N5CCN(C)CC5)C=N4)c3F)cc(F)c2n1C(=O)C1CC1. The molecule has 0 radical (unpaired) electrons. The molecule has 204 valence electrons. The third-order valence-corrected chi connectivity index (χ3v) is 7.34. The van der Waals surface area contributed by atoms with Crippen LogP contribution in [0, 0.1) is 30.3 Å². The zero-order chi connectivity index (χ0) is 27.3. The lowest BCUT2D eigenvalue weighted by Crippen LogP contribution is -2.44. The smallest absolute Gasteiger partial charge is 0.261 e. The molecule has 9 nitrogen and oxygen atoms in total. The maximum Gasteiger partial charge on any atom is 0.261 e. The number of allylic oxidation sites excluding steroid dienone is 1. The molecule has 0 spiro atoms. The van der Waals surface area contributed by atoms with Gasteiger partial charge in [-0.25, -0.2) is 13.8 Å². The van der Waals surface area contributed by atoms with Gasteiger partial charge in [-0.05, 0) is 32.9 Å². The quantitative estimate of drug-likeness (QED) is 0.499. The van der Waals surface area contributed by atoms with Crippen molar-refractivity contribution in [2.75, 3.05) is 38.5 Å². The van der Waals surface area contributed by atoms with Crippen LogP contribution in [0.25, 0.3) is 10.9 Å². The van der Waals surface area contributed by atoms with E-state index in [9.17, 15) is 4.79 Å². The molecule has 12 heteroatoms. The van der Waals surface area contributed by atoms with Crippen LogP contribution in [0.1, 0.15) is 29.8 Å². The molecule has 2 aliphatic heterocycles. The highest BCUT2D eigenvalue weighted by molar-refractivity contribution is 5.96.